The fourth-order valence-corrected chi connectivity index (χ4v) is 3.88. The molecule has 5 nitrogen and oxygen atoms in total. The molecule has 32 heavy (non-hydrogen) atoms. The van der Waals surface area contributed by atoms with Gasteiger partial charge in [0.25, 0.3) is 0 Å². The highest BCUT2D eigenvalue weighted by molar-refractivity contribution is 5.90. The second-order valence-corrected chi connectivity index (χ2v) is 7.77. The van der Waals surface area contributed by atoms with Crippen LogP contribution in [0.1, 0.15) is 33.2 Å². The van der Waals surface area contributed by atoms with Gasteiger partial charge in [-0.3, -0.25) is 0 Å². The van der Waals surface area contributed by atoms with E-state index in [0.717, 1.165) is 17.7 Å². The molecule has 0 radical (unpaired) electrons. The lowest BCUT2D eigenvalue weighted by atomic mass is 9.83. The number of alkyl halides is 3. The van der Waals surface area contributed by atoms with Crippen molar-refractivity contribution in [3.63, 3.8) is 0 Å². The minimum absolute atomic E-state index is 0.147. The summed E-state index contributed by atoms with van der Waals surface area (Å²) in [5.41, 5.74) is -2.02. The number of carbonyl (C=O) groups is 1. The number of aliphatic hydroxyl groups is 2. The minimum Gasteiger partial charge on any atom is -0.490 e. The molecule has 0 amide bonds. The molecule has 1 heterocycles. The van der Waals surface area contributed by atoms with Crippen LogP contribution in [0.25, 0.3) is 11.1 Å². The first kappa shape index (κ1) is 21.9. The summed E-state index contributed by atoms with van der Waals surface area (Å²) in [5.74, 6) is -1.43. The number of hydrogen-bond acceptors (Lipinski definition) is 4. The average Bonchev–Trinajstić information content (AvgIpc) is 2.76. The second kappa shape index (κ2) is 7.96. The second-order valence-electron chi connectivity index (χ2n) is 7.77. The number of halogens is 3. The van der Waals surface area contributed by atoms with Gasteiger partial charge in [-0.2, -0.15) is 13.2 Å². The van der Waals surface area contributed by atoms with E-state index in [1.165, 1.54) is 24.3 Å². The van der Waals surface area contributed by atoms with Gasteiger partial charge in [-0.05, 0) is 34.9 Å². The molecule has 4 rings (SSSR count). The third kappa shape index (κ3) is 4.06. The van der Waals surface area contributed by atoms with Gasteiger partial charge in [0.15, 0.2) is 0 Å². The van der Waals surface area contributed by atoms with Crippen molar-refractivity contribution in [3.05, 3.63) is 89.0 Å². The van der Waals surface area contributed by atoms with Gasteiger partial charge in [0, 0.05) is 12.0 Å². The predicted molar refractivity (Wildman–Crippen MR) is 109 cm³/mol. The van der Waals surface area contributed by atoms with Crippen LogP contribution in [0, 0.1) is 0 Å². The summed E-state index contributed by atoms with van der Waals surface area (Å²) in [4.78, 5) is 11.2. The Balaban J connectivity index is 1.67. The summed E-state index contributed by atoms with van der Waals surface area (Å²) in [5, 5.41) is 30.8. The van der Waals surface area contributed by atoms with E-state index in [9.17, 15) is 28.2 Å². The first-order chi connectivity index (χ1) is 15.1. The topological polar surface area (TPSA) is 87.0 Å². The molecule has 0 bridgehead atoms. The van der Waals surface area contributed by atoms with Gasteiger partial charge in [0.05, 0.1) is 11.1 Å². The monoisotopic (exact) mass is 444 g/mol. The Bertz CT molecular complexity index is 1160. The zero-order valence-corrected chi connectivity index (χ0v) is 16.6. The van der Waals surface area contributed by atoms with E-state index in [1.54, 1.807) is 0 Å². The van der Waals surface area contributed by atoms with Crippen LogP contribution >= 0.6 is 0 Å². The number of rotatable bonds is 4. The molecular formula is C24H19F3O5. The maximum atomic E-state index is 13.3. The van der Waals surface area contributed by atoms with Gasteiger partial charge in [-0.15, -0.1) is 0 Å². The summed E-state index contributed by atoms with van der Waals surface area (Å²) in [6.07, 6.45) is -5.94. The summed E-state index contributed by atoms with van der Waals surface area (Å²) in [6.45, 7) is -0.203. The van der Waals surface area contributed by atoms with Crippen molar-refractivity contribution in [3.8, 4) is 16.9 Å². The van der Waals surface area contributed by atoms with E-state index in [1.807, 2.05) is 30.3 Å². The highest BCUT2D eigenvalue weighted by Crippen LogP contribution is 2.42. The van der Waals surface area contributed by atoms with Crippen LogP contribution in [-0.4, -0.2) is 33.5 Å². The molecule has 3 N–H and O–H groups in total. The number of ether oxygens (including phenoxy) is 1. The normalized spacial score (nSPS) is 20.3. The molecule has 3 aromatic carbocycles. The molecule has 0 saturated carbocycles. The van der Waals surface area contributed by atoms with Crippen LogP contribution in [-0.2, 0) is 12.6 Å². The van der Waals surface area contributed by atoms with Crippen LogP contribution in [0.5, 0.6) is 5.75 Å². The van der Waals surface area contributed by atoms with E-state index >= 15 is 0 Å². The molecule has 1 aliphatic rings. The standard InChI is InChI=1S/C24H19F3O5/c25-24(26,27)19-10-15(6-8-17(19)22(29)30)16-7-9-18-20(11-16)32-13-23(31,21(18)28)12-14-4-2-1-3-5-14/h1-11,21,28,31H,12-13H2,(H,29,30)/t21-,23+/m0/s1. The molecule has 0 fully saturated rings. The molecule has 3 aromatic rings. The highest BCUT2D eigenvalue weighted by Gasteiger charge is 2.43. The summed E-state index contributed by atoms with van der Waals surface area (Å²) in [7, 11) is 0. The van der Waals surface area contributed by atoms with Crippen molar-refractivity contribution in [2.45, 2.75) is 24.3 Å². The lowest BCUT2D eigenvalue weighted by molar-refractivity contribution is -0.138. The fourth-order valence-electron chi connectivity index (χ4n) is 3.88. The lowest BCUT2D eigenvalue weighted by Gasteiger charge is -2.38. The molecule has 0 aliphatic carbocycles. The molecule has 0 saturated heterocycles. The van der Waals surface area contributed by atoms with Crippen molar-refractivity contribution >= 4 is 5.97 Å². The smallest absolute Gasteiger partial charge is 0.417 e. The van der Waals surface area contributed by atoms with Crippen molar-refractivity contribution < 1.29 is 38.0 Å². The molecule has 2 atom stereocenters. The Morgan fingerprint density at radius 2 is 1.69 bits per heavy atom. The molecule has 0 aromatic heterocycles. The van der Waals surface area contributed by atoms with E-state index in [0.29, 0.717) is 11.1 Å². The molecule has 0 unspecified atom stereocenters. The third-order valence-electron chi connectivity index (χ3n) is 5.54. The van der Waals surface area contributed by atoms with Crippen molar-refractivity contribution in [2.24, 2.45) is 0 Å². The molecule has 166 valence electrons. The first-order valence-electron chi connectivity index (χ1n) is 9.74. The van der Waals surface area contributed by atoms with Gasteiger partial charge in [-0.25, -0.2) is 4.79 Å². The molecular weight excluding hydrogens is 425 g/mol. The molecule has 1 aliphatic heterocycles. The van der Waals surface area contributed by atoms with E-state index in [4.69, 9.17) is 9.84 Å². The van der Waals surface area contributed by atoms with Crippen molar-refractivity contribution in [2.75, 3.05) is 6.61 Å². The van der Waals surface area contributed by atoms with Crippen molar-refractivity contribution in [1.82, 2.24) is 0 Å². The van der Waals surface area contributed by atoms with Crippen LogP contribution < -0.4 is 4.74 Å². The number of carboxylic acid groups (broad SMARTS) is 1. The number of aliphatic hydroxyl groups excluding tert-OH is 1. The SMILES string of the molecule is O=C(O)c1ccc(-c2ccc3c(c2)OC[C@](O)(Cc2ccccc2)[C@H]3O)cc1C(F)(F)F. The van der Waals surface area contributed by atoms with E-state index < -0.39 is 35.0 Å². The first-order valence-corrected chi connectivity index (χ1v) is 9.74. The Hall–Kier alpha value is -3.36. The van der Waals surface area contributed by atoms with Crippen LogP contribution in [0.3, 0.4) is 0 Å². The zero-order valence-electron chi connectivity index (χ0n) is 16.6. The van der Waals surface area contributed by atoms with Crippen molar-refractivity contribution in [1.29, 1.82) is 0 Å². The molecule has 0 spiro atoms. The Morgan fingerprint density at radius 3 is 2.34 bits per heavy atom. The Labute approximate surface area is 181 Å². The number of carboxylic acids is 1. The van der Waals surface area contributed by atoms with E-state index in [2.05, 4.69) is 0 Å². The van der Waals surface area contributed by atoms with Crippen LogP contribution in [0.2, 0.25) is 0 Å². The molecule has 8 heteroatoms. The maximum Gasteiger partial charge on any atom is 0.417 e. The van der Waals surface area contributed by atoms with Gasteiger partial charge in [0.2, 0.25) is 0 Å². The number of benzene rings is 3. The number of fused-ring (bicyclic) bond motifs is 1. The Kier molecular flexibility index (Phi) is 5.44. The predicted octanol–water partition coefficient (Wildman–Crippen LogP) is 4.47. The highest BCUT2D eigenvalue weighted by atomic mass is 19.4. The summed E-state index contributed by atoms with van der Waals surface area (Å²) >= 11 is 0. The van der Waals surface area contributed by atoms with Gasteiger partial charge >= 0.3 is 12.1 Å². The summed E-state index contributed by atoms with van der Waals surface area (Å²) in [6, 6.07) is 16.5. The van der Waals surface area contributed by atoms with Gasteiger partial charge in [0.1, 0.15) is 24.1 Å². The quantitative estimate of drug-likeness (QED) is 0.553. The maximum absolute atomic E-state index is 13.3. The van der Waals surface area contributed by atoms with Gasteiger partial charge in [-0.1, -0.05) is 48.5 Å². The Morgan fingerprint density at radius 1 is 1.03 bits per heavy atom. The minimum atomic E-state index is -4.83. The third-order valence-corrected chi connectivity index (χ3v) is 5.54. The fraction of sp³-hybridized carbons (Fsp3) is 0.208. The summed E-state index contributed by atoms with van der Waals surface area (Å²) < 4.78 is 45.7. The average molecular weight is 444 g/mol. The largest absolute Gasteiger partial charge is 0.490 e. The zero-order chi connectivity index (χ0) is 23.1. The van der Waals surface area contributed by atoms with E-state index in [-0.39, 0.29) is 24.3 Å². The lowest BCUT2D eigenvalue weighted by Crippen LogP contribution is -2.47. The van der Waals surface area contributed by atoms with Crippen LogP contribution in [0.15, 0.2) is 66.7 Å². The number of hydrogen-bond donors (Lipinski definition) is 3. The number of aromatic carboxylic acids is 1. The van der Waals surface area contributed by atoms with Crippen LogP contribution in [0.4, 0.5) is 13.2 Å². The van der Waals surface area contributed by atoms with Gasteiger partial charge < -0.3 is 20.1 Å².